The molecule has 0 aromatic heterocycles. The van der Waals surface area contributed by atoms with Gasteiger partial charge in [0.05, 0.1) is 7.11 Å². The molecule has 1 atom stereocenters. The Balaban J connectivity index is 1.48. The molecule has 1 aliphatic carbocycles. The fourth-order valence-corrected chi connectivity index (χ4v) is 5.26. The summed E-state index contributed by atoms with van der Waals surface area (Å²) in [6, 6.07) is 10.9. The first-order chi connectivity index (χ1) is 19.2. The highest BCUT2D eigenvalue weighted by atomic mass is 32.2. The van der Waals surface area contributed by atoms with Crippen molar-refractivity contribution < 1.29 is 36.6 Å². The van der Waals surface area contributed by atoms with Gasteiger partial charge in [0, 0.05) is 29.8 Å². The van der Waals surface area contributed by atoms with Gasteiger partial charge < -0.3 is 14.8 Å². The molecular weight excluding hydrogens is 550 g/mol. The van der Waals surface area contributed by atoms with Crippen LogP contribution in [0.1, 0.15) is 39.7 Å². The van der Waals surface area contributed by atoms with Crippen LogP contribution in [0.3, 0.4) is 0 Å². The molecule has 2 aliphatic rings. The first-order valence-corrected chi connectivity index (χ1v) is 13.2. The predicted octanol–water partition coefficient (Wildman–Crippen LogP) is 5.41. The van der Waals surface area contributed by atoms with Crippen LogP contribution in [0.15, 0.2) is 59.7 Å². The molecule has 7 nitrogen and oxygen atoms in total. The van der Waals surface area contributed by atoms with Gasteiger partial charge in [0.25, 0.3) is 11.8 Å². The summed E-state index contributed by atoms with van der Waals surface area (Å²) in [6.45, 7) is 0.297. The highest BCUT2D eigenvalue weighted by molar-refractivity contribution is 8.14. The van der Waals surface area contributed by atoms with E-state index in [2.05, 4.69) is 10.4 Å². The molecule has 3 aromatic rings. The molecule has 2 amide bonds. The van der Waals surface area contributed by atoms with E-state index < -0.39 is 40.1 Å². The quantitative estimate of drug-likeness (QED) is 0.347. The maximum Gasteiger partial charge on any atom is 0.281 e. The van der Waals surface area contributed by atoms with Gasteiger partial charge in [-0.3, -0.25) is 9.59 Å². The van der Waals surface area contributed by atoms with Crippen LogP contribution in [0.5, 0.6) is 11.5 Å². The molecular formula is C28H23F4N3O4S. The highest BCUT2D eigenvalue weighted by Crippen LogP contribution is 2.47. The van der Waals surface area contributed by atoms with E-state index in [1.807, 2.05) is 0 Å². The van der Waals surface area contributed by atoms with Crippen molar-refractivity contribution in [3.8, 4) is 11.5 Å². The summed E-state index contributed by atoms with van der Waals surface area (Å²) in [4.78, 5) is 25.7. The van der Waals surface area contributed by atoms with Crippen LogP contribution in [0.25, 0.3) is 0 Å². The Hall–Kier alpha value is -4.06. The Bertz CT molecular complexity index is 1460. The van der Waals surface area contributed by atoms with E-state index in [0.717, 1.165) is 29.6 Å². The minimum atomic E-state index is -1.39. The molecule has 3 aromatic carbocycles. The van der Waals surface area contributed by atoms with Crippen LogP contribution in [0, 0.1) is 29.2 Å². The number of hydrazone groups is 1. The molecule has 40 heavy (non-hydrogen) atoms. The Morgan fingerprint density at radius 2 is 1.73 bits per heavy atom. The topological polar surface area (TPSA) is 80.2 Å². The lowest BCUT2D eigenvalue weighted by Crippen LogP contribution is -2.30. The molecule has 0 bridgehead atoms. The molecule has 0 saturated heterocycles. The number of halogens is 4. The lowest BCUT2D eigenvalue weighted by Gasteiger charge is -2.24. The zero-order chi connectivity index (χ0) is 28.4. The third-order valence-corrected chi connectivity index (χ3v) is 7.50. The number of rotatable bonds is 9. The molecule has 0 spiro atoms. The summed E-state index contributed by atoms with van der Waals surface area (Å²) in [6.07, 6.45) is 2.16. The van der Waals surface area contributed by atoms with Crippen LogP contribution in [0.4, 0.5) is 17.6 Å². The average Bonchev–Trinajstić information content (AvgIpc) is 3.66. The van der Waals surface area contributed by atoms with Crippen molar-refractivity contribution in [3.63, 3.8) is 0 Å². The van der Waals surface area contributed by atoms with Crippen LogP contribution >= 0.6 is 11.8 Å². The van der Waals surface area contributed by atoms with Crippen molar-refractivity contribution in [1.82, 2.24) is 10.3 Å². The zero-order valence-electron chi connectivity index (χ0n) is 21.1. The van der Waals surface area contributed by atoms with Gasteiger partial charge >= 0.3 is 0 Å². The van der Waals surface area contributed by atoms with Gasteiger partial charge in [-0.15, -0.1) is 0 Å². The Labute approximate surface area is 231 Å². The van der Waals surface area contributed by atoms with Crippen molar-refractivity contribution in [2.45, 2.75) is 18.2 Å². The van der Waals surface area contributed by atoms with Crippen molar-refractivity contribution in [3.05, 3.63) is 94.6 Å². The number of carbonyl (C=O) groups excluding carboxylic acids is 2. The molecule has 1 heterocycles. The van der Waals surface area contributed by atoms with E-state index in [0.29, 0.717) is 35.7 Å². The van der Waals surface area contributed by atoms with E-state index in [1.165, 1.54) is 31.4 Å². The number of ether oxygens (including phenoxy) is 2. The number of nitrogens with zero attached hydrogens (tertiary/aromatic N) is 2. The first kappa shape index (κ1) is 27.5. The van der Waals surface area contributed by atoms with Crippen molar-refractivity contribution in [1.29, 1.82) is 0 Å². The minimum absolute atomic E-state index is 0.170. The van der Waals surface area contributed by atoms with Crippen molar-refractivity contribution in [2.75, 3.05) is 20.3 Å². The van der Waals surface area contributed by atoms with Gasteiger partial charge in [-0.1, -0.05) is 23.9 Å². The first-order valence-electron chi connectivity index (χ1n) is 12.3. The van der Waals surface area contributed by atoms with E-state index in [4.69, 9.17) is 9.47 Å². The largest absolute Gasteiger partial charge is 0.492 e. The third kappa shape index (κ3) is 5.91. The number of para-hydroxylation sites is 1. The minimum Gasteiger partial charge on any atom is -0.492 e. The fraction of sp³-hybridized carbons (Fsp3) is 0.250. The molecule has 1 saturated carbocycles. The number of nitrogens with one attached hydrogen (secondary N) is 1. The molecule has 1 N–H and O–H groups in total. The number of thioether (sulfide) groups is 1. The van der Waals surface area contributed by atoms with Crippen LogP contribution in [-0.4, -0.2) is 42.1 Å². The number of amides is 2. The standard InChI is InChI=1S/C28H23F4N3O4S/c1-38-25-19(3-2-4-22(25)39-14-23(36)33-13-15-5-6-15)28-35(27(37)24-20(31)11-18(30)12-21(24)32)34-26(40-28)16-7-9-17(29)10-8-16/h2-4,7-12,15,28H,5-6,13-14H2,1H3,(H,33,36). The molecule has 5 rings (SSSR count). The average molecular weight is 574 g/mol. The third-order valence-electron chi connectivity index (χ3n) is 6.29. The lowest BCUT2D eigenvalue weighted by molar-refractivity contribution is -0.123. The Morgan fingerprint density at radius 3 is 2.38 bits per heavy atom. The van der Waals surface area contributed by atoms with Gasteiger partial charge in [-0.25, -0.2) is 22.6 Å². The Morgan fingerprint density at radius 1 is 1.02 bits per heavy atom. The second-order valence-corrected chi connectivity index (χ2v) is 10.3. The van der Waals surface area contributed by atoms with Crippen molar-refractivity contribution in [2.24, 2.45) is 11.0 Å². The smallest absolute Gasteiger partial charge is 0.281 e. The van der Waals surface area contributed by atoms with Crippen LogP contribution < -0.4 is 14.8 Å². The monoisotopic (exact) mass is 573 g/mol. The van der Waals surface area contributed by atoms with E-state index in [-0.39, 0.29) is 29.1 Å². The van der Waals surface area contributed by atoms with Crippen LogP contribution in [0.2, 0.25) is 0 Å². The summed E-state index contributed by atoms with van der Waals surface area (Å²) in [5, 5.41) is 7.20. The summed E-state index contributed by atoms with van der Waals surface area (Å²) >= 11 is 1.05. The van der Waals surface area contributed by atoms with E-state index >= 15 is 0 Å². The molecule has 1 fully saturated rings. The number of hydrogen-bond acceptors (Lipinski definition) is 6. The molecule has 1 aliphatic heterocycles. The maximum atomic E-state index is 14.6. The van der Waals surface area contributed by atoms with Gasteiger partial charge in [0.2, 0.25) is 0 Å². The van der Waals surface area contributed by atoms with Gasteiger partial charge in [0.1, 0.15) is 39.2 Å². The molecule has 0 radical (unpaired) electrons. The second kappa shape index (κ2) is 11.6. The highest BCUT2D eigenvalue weighted by Gasteiger charge is 2.39. The summed E-state index contributed by atoms with van der Waals surface area (Å²) in [5.41, 5.74) is -0.194. The number of methoxy groups -OCH3 is 1. The predicted molar refractivity (Wildman–Crippen MR) is 140 cm³/mol. The summed E-state index contributed by atoms with van der Waals surface area (Å²) in [7, 11) is 1.37. The van der Waals surface area contributed by atoms with E-state index in [9.17, 15) is 27.2 Å². The SMILES string of the molecule is COc1c(OCC(=O)NCC2CC2)cccc1C1SC(c2ccc(F)cc2)=NN1C(=O)c1c(F)cc(F)cc1F. The van der Waals surface area contributed by atoms with Gasteiger partial charge in [-0.2, -0.15) is 5.10 Å². The number of benzene rings is 3. The van der Waals surface area contributed by atoms with E-state index in [1.54, 1.807) is 18.2 Å². The molecule has 208 valence electrons. The summed E-state index contributed by atoms with van der Waals surface area (Å²) in [5.74, 6) is -5.06. The van der Waals surface area contributed by atoms with Gasteiger partial charge in [-0.05, 0) is 49.1 Å². The maximum absolute atomic E-state index is 14.6. The van der Waals surface area contributed by atoms with Crippen LogP contribution in [-0.2, 0) is 4.79 Å². The zero-order valence-corrected chi connectivity index (χ0v) is 21.9. The Kier molecular flexibility index (Phi) is 7.97. The molecule has 1 unspecified atom stereocenters. The molecule has 12 heteroatoms. The second-order valence-electron chi connectivity index (χ2n) is 9.19. The van der Waals surface area contributed by atoms with Gasteiger partial charge in [0.15, 0.2) is 18.1 Å². The normalized spacial score (nSPS) is 16.5. The van der Waals surface area contributed by atoms with Crippen molar-refractivity contribution >= 4 is 28.6 Å². The summed E-state index contributed by atoms with van der Waals surface area (Å²) < 4.78 is 67.6. The lowest BCUT2D eigenvalue weighted by atomic mass is 10.1. The fourth-order valence-electron chi connectivity index (χ4n) is 4.09. The number of hydrogen-bond donors (Lipinski definition) is 1. The number of carbonyl (C=O) groups is 2.